The van der Waals surface area contributed by atoms with E-state index in [9.17, 15) is 4.79 Å². The molecule has 0 aromatic carbocycles. The van der Waals surface area contributed by atoms with E-state index in [1.165, 1.54) is 0 Å². The Morgan fingerprint density at radius 3 is 3.00 bits per heavy atom. The second-order valence-corrected chi connectivity index (χ2v) is 6.35. The number of hydrogen-bond acceptors (Lipinski definition) is 5. The van der Waals surface area contributed by atoms with Crippen LogP contribution in [0.5, 0.6) is 0 Å². The molecule has 5 rings (SSSR count). The Bertz CT molecular complexity index is 1150. The Morgan fingerprint density at radius 1 is 1.24 bits per heavy atom. The highest BCUT2D eigenvalue weighted by Gasteiger charge is 2.24. The summed E-state index contributed by atoms with van der Waals surface area (Å²) in [5.41, 5.74) is 3.18. The normalized spacial score (nSPS) is 17.7. The van der Waals surface area contributed by atoms with Gasteiger partial charge in [-0.1, -0.05) is 6.07 Å². The van der Waals surface area contributed by atoms with Crippen molar-refractivity contribution in [3.8, 4) is 11.4 Å². The Morgan fingerprint density at radius 2 is 2.16 bits per heavy atom. The van der Waals surface area contributed by atoms with Crippen molar-refractivity contribution < 1.29 is 0 Å². The van der Waals surface area contributed by atoms with E-state index < -0.39 is 0 Å². The summed E-state index contributed by atoms with van der Waals surface area (Å²) in [7, 11) is 1.77. The third kappa shape index (κ3) is 2.04. The molecule has 0 bridgehead atoms. The zero-order valence-corrected chi connectivity index (χ0v) is 13.8. The number of aryl methyl sites for hydroxylation is 1. The van der Waals surface area contributed by atoms with Gasteiger partial charge in [-0.3, -0.25) is 9.13 Å². The van der Waals surface area contributed by atoms with Crippen molar-refractivity contribution in [2.75, 3.05) is 13.1 Å². The summed E-state index contributed by atoms with van der Waals surface area (Å²) in [5, 5.41) is 7.66. The van der Waals surface area contributed by atoms with E-state index in [-0.39, 0.29) is 11.7 Å². The molecule has 8 heteroatoms. The predicted molar refractivity (Wildman–Crippen MR) is 93.5 cm³/mol. The minimum atomic E-state index is -0.0463. The van der Waals surface area contributed by atoms with Crippen LogP contribution >= 0.6 is 0 Å². The van der Waals surface area contributed by atoms with E-state index >= 15 is 0 Å². The summed E-state index contributed by atoms with van der Waals surface area (Å²) >= 11 is 0. The van der Waals surface area contributed by atoms with E-state index in [1.807, 2.05) is 24.4 Å². The van der Waals surface area contributed by atoms with E-state index in [1.54, 1.807) is 33.1 Å². The second kappa shape index (κ2) is 5.25. The van der Waals surface area contributed by atoms with Crippen molar-refractivity contribution in [1.82, 2.24) is 34.0 Å². The van der Waals surface area contributed by atoms with Crippen molar-refractivity contribution in [1.29, 1.82) is 0 Å². The lowest BCUT2D eigenvalue weighted by Gasteiger charge is -2.09. The Labute approximate surface area is 142 Å². The smallest absolute Gasteiger partial charge is 0.315 e. The minimum absolute atomic E-state index is 0.0463. The average molecular weight is 335 g/mol. The number of rotatable bonds is 2. The van der Waals surface area contributed by atoms with Crippen LogP contribution in [0.1, 0.15) is 12.5 Å². The van der Waals surface area contributed by atoms with Crippen LogP contribution in [0.15, 0.2) is 41.6 Å². The van der Waals surface area contributed by atoms with Crippen LogP contribution in [0.2, 0.25) is 0 Å². The van der Waals surface area contributed by atoms with Crippen LogP contribution in [0.3, 0.4) is 0 Å². The van der Waals surface area contributed by atoms with Crippen molar-refractivity contribution in [2.45, 2.75) is 12.5 Å². The first kappa shape index (κ1) is 14.4. The number of fused-ring (bicyclic) bond motifs is 2. The highest BCUT2D eigenvalue weighted by molar-refractivity contribution is 5.79. The van der Waals surface area contributed by atoms with Crippen LogP contribution < -0.4 is 11.0 Å². The monoisotopic (exact) mass is 335 g/mol. The fourth-order valence-electron chi connectivity index (χ4n) is 3.56. The first-order valence-corrected chi connectivity index (χ1v) is 8.31. The number of nitrogens with zero attached hydrogens (tertiary/aromatic N) is 6. The van der Waals surface area contributed by atoms with Gasteiger partial charge in [-0.15, -0.1) is 0 Å². The molecule has 126 valence electrons. The summed E-state index contributed by atoms with van der Waals surface area (Å²) < 4.78 is 5.21. The molecule has 1 aliphatic heterocycles. The molecule has 1 fully saturated rings. The molecule has 0 radical (unpaired) electrons. The number of aromatic nitrogens is 6. The van der Waals surface area contributed by atoms with Crippen LogP contribution in [0.4, 0.5) is 0 Å². The zero-order valence-electron chi connectivity index (χ0n) is 13.8. The molecule has 8 nitrogen and oxygen atoms in total. The molecular formula is C17H17N7O. The fourth-order valence-corrected chi connectivity index (χ4v) is 3.56. The molecule has 1 aliphatic rings. The average Bonchev–Trinajstić information content (AvgIpc) is 3.35. The SMILES string of the molecule is Cn1c(=O)n([C@H]2CCNC2)c2nc(-c3cnn4ccccc34)ncc21. The first-order valence-electron chi connectivity index (χ1n) is 8.31. The molecule has 1 saturated heterocycles. The maximum Gasteiger partial charge on any atom is 0.330 e. The molecular weight excluding hydrogens is 318 g/mol. The Hall–Kier alpha value is -3.00. The minimum Gasteiger partial charge on any atom is -0.315 e. The lowest BCUT2D eigenvalue weighted by molar-refractivity contribution is 0.532. The van der Waals surface area contributed by atoms with Gasteiger partial charge in [-0.2, -0.15) is 5.10 Å². The third-order valence-electron chi connectivity index (χ3n) is 4.90. The van der Waals surface area contributed by atoms with Gasteiger partial charge in [0.25, 0.3) is 0 Å². The van der Waals surface area contributed by atoms with E-state index in [0.29, 0.717) is 11.5 Å². The maximum absolute atomic E-state index is 12.7. The zero-order chi connectivity index (χ0) is 17.0. The van der Waals surface area contributed by atoms with E-state index in [0.717, 1.165) is 36.1 Å². The van der Waals surface area contributed by atoms with Crippen molar-refractivity contribution in [2.24, 2.45) is 7.05 Å². The summed E-state index contributed by atoms with van der Waals surface area (Å²) in [6.07, 6.45) is 6.30. The number of nitrogens with one attached hydrogen (secondary N) is 1. The van der Waals surface area contributed by atoms with Gasteiger partial charge in [0, 0.05) is 19.8 Å². The quantitative estimate of drug-likeness (QED) is 0.590. The van der Waals surface area contributed by atoms with Gasteiger partial charge in [0.15, 0.2) is 11.5 Å². The molecule has 0 aliphatic carbocycles. The van der Waals surface area contributed by atoms with Crippen LogP contribution in [0.25, 0.3) is 28.1 Å². The molecule has 0 saturated carbocycles. The fraction of sp³-hybridized carbons (Fsp3) is 0.294. The van der Waals surface area contributed by atoms with Gasteiger partial charge in [0.1, 0.15) is 5.52 Å². The second-order valence-electron chi connectivity index (χ2n) is 6.35. The summed E-state index contributed by atoms with van der Waals surface area (Å²) in [4.78, 5) is 21.9. The van der Waals surface area contributed by atoms with Crippen molar-refractivity contribution >= 4 is 16.7 Å². The lowest BCUT2D eigenvalue weighted by Crippen LogP contribution is -2.27. The van der Waals surface area contributed by atoms with E-state index in [4.69, 9.17) is 4.98 Å². The van der Waals surface area contributed by atoms with Crippen LogP contribution in [-0.2, 0) is 7.05 Å². The van der Waals surface area contributed by atoms with Crippen LogP contribution in [-0.4, -0.2) is 41.8 Å². The summed E-state index contributed by atoms with van der Waals surface area (Å²) in [6.45, 7) is 1.70. The van der Waals surface area contributed by atoms with Gasteiger partial charge in [0.2, 0.25) is 0 Å². The number of hydrogen-bond donors (Lipinski definition) is 1. The lowest BCUT2D eigenvalue weighted by atomic mass is 10.2. The van der Waals surface area contributed by atoms with Crippen molar-refractivity contribution in [3.63, 3.8) is 0 Å². The topological polar surface area (TPSA) is 82.0 Å². The molecule has 4 aromatic heterocycles. The standard InChI is InChI=1S/C17H17N7O/c1-22-14-10-19-15(12-9-20-23-7-3-2-4-13(12)23)21-16(14)24(17(22)25)11-5-6-18-8-11/h2-4,7,9-11,18H,5-6,8H2,1H3/t11-/m0/s1. The van der Waals surface area contributed by atoms with Gasteiger partial charge in [-0.25, -0.2) is 19.3 Å². The van der Waals surface area contributed by atoms with Gasteiger partial charge >= 0.3 is 5.69 Å². The molecule has 1 N–H and O–H groups in total. The molecule has 1 atom stereocenters. The Kier molecular flexibility index (Phi) is 3.01. The van der Waals surface area contributed by atoms with Crippen LogP contribution in [0, 0.1) is 0 Å². The highest BCUT2D eigenvalue weighted by Crippen LogP contribution is 2.24. The molecule has 0 unspecified atom stereocenters. The van der Waals surface area contributed by atoms with E-state index in [2.05, 4.69) is 15.4 Å². The Balaban J connectivity index is 1.76. The van der Waals surface area contributed by atoms with Gasteiger partial charge in [-0.05, 0) is 25.1 Å². The highest BCUT2D eigenvalue weighted by atomic mass is 16.1. The number of imidazole rings is 1. The molecule has 5 heterocycles. The van der Waals surface area contributed by atoms with Crippen molar-refractivity contribution in [3.05, 3.63) is 47.3 Å². The largest absolute Gasteiger partial charge is 0.330 e. The third-order valence-corrected chi connectivity index (χ3v) is 4.90. The summed E-state index contributed by atoms with van der Waals surface area (Å²) in [6, 6.07) is 6.00. The molecule has 4 aromatic rings. The number of pyridine rings is 1. The summed E-state index contributed by atoms with van der Waals surface area (Å²) in [5.74, 6) is 0.582. The predicted octanol–water partition coefficient (Wildman–Crippen LogP) is 0.979. The first-order chi connectivity index (χ1) is 12.2. The molecule has 0 spiro atoms. The maximum atomic E-state index is 12.7. The van der Waals surface area contributed by atoms with Gasteiger partial charge in [0.05, 0.1) is 29.5 Å². The van der Waals surface area contributed by atoms with Gasteiger partial charge < -0.3 is 5.32 Å². The molecule has 0 amide bonds. The molecule has 25 heavy (non-hydrogen) atoms.